The van der Waals surface area contributed by atoms with Crippen molar-refractivity contribution in [2.45, 2.75) is 25.6 Å². The lowest BCUT2D eigenvalue weighted by Crippen LogP contribution is -2.34. The van der Waals surface area contributed by atoms with Crippen LogP contribution < -0.4 is 5.73 Å². The molecule has 0 saturated heterocycles. The number of anilines is 1. The van der Waals surface area contributed by atoms with Crippen LogP contribution in [0.5, 0.6) is 0 Å². The van der Waals surface area contributed by atoms with Gasteiger partial charge >= 0.3 is 12.1 Å². The molecule has 0 bridgehead atoms. The van der Waals surface area contributed by atoms with E-state index < -0.39 is 24.4 Å². The van der Waals surface area contributed by atoms with E-state index in [0.717, 1.165) is 6.92 Å². The number of aromatic nitrogens is 2. The number of carbonyl (C=O) groups is 1. The van der Waals surface area contributed by atoms with Gasteiger partial charge in [-0.15, -0.1) is 0 Å². The summed E-state index contributed by atoms with van der Waals surface area (Å²) >= 11 is 0. The van der Waals surface area contributed by atoms with Gasteiger partial charge in [-0.2, -0.15) is 18.3 Å². The molecule has 1 rings (SSSR count). The highest BCUT2D eigenvalue weighted by Gasteiger charge is 2.42. The van der Waals surface area contributed by atoms with Gasteiger partial charge in [0.2, 0.25) is 0 Å². The first-order valence-electron chi connectivity index (χ1n) is 4.83. The fourth-order valence-electron chi connectivity index (χ4n) is 1.20. The molecule has 0 aliphatic heterocycles. The second kappa shape index (κ2) is 4.48. The predicted octanol–water partition coefficient (Wildman–Crippen LogP) is 0.613. The van der Waals surface area contributed by atoms with Gasteiger partial charge in [0.15, 0.2) is 0 Å². The number of aliphatic hydroxyl groups is 1. The van der Waals surface area contributed by atoms with E-state index in [1.54, 1.807) is 6.92 Å². The summed E-state index contributed by atoms with van der Waals surface area (Å²) in [6, 6.07) is 0. The number of aryl methyl sites for hydroxylation is 1. The molecular formula is C9H12F3N3O3. The Labute approximate surface area is 99.9 Å². The number of hydrogen-bond donors (Lipinski definition) is 3. The first-order chi connectivity index (χ1) is 8.05. The Kier molecular flexibility index (Phi) is 3.56. The molecule has 0 aromatic carbocycles. The number of ether oxygens (including phenoxy) is 1. The molecule has 102 valence electrons. The highest BCUT2D eigenvalue weighted by Crippen LogP contribution is 2.27. The lowest BCUT2D eigenvalue weighted by molar-refractivity contribution is -0.205. The summed E-state index contributed by atoms with van der Waals surface area (Å²) in [5.74, 6) is -2.38. The molecule has 1 aromatic heterocycles. The monoisotopic (exact) mass is 267 g/mol. The molecule has 0 aliphatic carbocycles. The number of alkyl halides is 3. The summed E-state index contributed by atoms with van der Waals surface area (Å²) < 4.78 is 39.7. The lowest BCUT2D eigenvalue weighted by atomic mass is 10.0. The minimum Gasteiger partial charge on any atom is -0.456 e. The number of rotatable bonds is 3. The second-order valence-corrected chi connectivity index (χ2v) is 3.96. The van der Waals surface area contributed by atoms with Crippen LogP contribution in [0.4, 0.5) is 18.9 Å². The molecule has 9 heteroatoms. The van der Waals surface area contributed by atoms with Gasteiger partial charge < -0.3 is 15.6 Å². The Morgan fingerprint density at radius 3 is 2.50 bits per heavy atom. The minimum atomic E-state index is -5.11. The van der Waals surface area contributed by atoms with Gasteiger partial charge in [0.05, 0.1) is 11.4 Å². The predicted molar refractivity (Wildman–Crippen MR) is 54.3 cm³/mol. The smallest absolute Gasteiger partial charge is 0.456 e. The number of aromatic amines is 1. The molecule has 4 N–H and O–H groups in total. The van der Waals surface area contributed by atoms with Crippen LogP contribution in [0, 0.1) is 6.92 Å². The van der Waals surface area contributed by atoms with Crippen LogP contribution >= 0.6 is 0 Å². The van der Waals surface area contributed by atoms with Crippen LogP contribution in [0.3, 0.4) is 0 Å². The maximum atomic E-state index is 11.9. The van der Waals surface area contributed by atoms with E-state index in [0.29, 0.717) is 5.69 Å². The van der Waals surface area contributed by atoms with Gasteiger partial charge in [-0.1, -0.05) is 0 Å². The van der Waals surface area contributed by atoms with Crippen LogP contribution in [0.1, 0.15) is 18.3 Å². The highest BCUT2D eigenvalue weighted by atomic mass is 19.4. The molecule has 0 amide bonds. The first kappa shape index (κ1) is 14.3. The van der Waals surface area contributed by atoms with Crippen molar-refractivity contribution in [3.05, 3.63) is 11.4 Å². The molecule has 1 aromatic rings. The van der Waals surface area contributed by atoms with Crippen molar-refractivity contribution in [2.75, 3.05) is 12.3 Å². The number of nitrogens with one attached hydrogen (secondary N) is 1. The summed E-state index contributed by atoms with van der Waals surface area (Å²) in [6.45, 7) is 1.81. The van der Waals surface area contributed by atoms with Crippen molar-refractivity contribution in [3.8, 4) is 0 Å². The number of carbonyl (C=O) groups excluding carboxylic acids is 1. The Morgan fingerprint density at radius 2 is 2.11 bits per heavy atom. The summed E-state index contributed by atoms with van der Waals surface area (Å²) in [4.78, 5) is 10.5. The van der Waals surface area contributed by atoms with Crippen LogP contribution in [-0.4, -0.2) is 34.1 Å². The van der Waals surface area contributed by atoms with Gasteiger partial charge in [-0.25, -0.2) is 4.79 Å². The zero-order valence-electron chi connectivity index (χ0n) is 9.63. The van der Waals surface area contributed by atoms with Gasteiger partial charge in [0.25, 0.3) is 0 Å². The van der Waals surface area contributed by atoms with Crippen molar-refractivity contribution in [1.29, 1.82) is 0 Å². The van der Waals surface area contributed by atoms with Crippen molar-refractivity contribution >= 4 is 11.7 Å². The molecule has 0 fully saturated rings. The van der Waals surface area contributed by atoms with Crippen molar-refractivity contribution < 1.29 is 27.8 Å². The molecule has 6 nitrogen and oxygen atoms in total. The zero-order valence-corrected chi connectivity index (χ0v) is 9.63. The quantitative estimate of drug-likeness (QED) is 0.697. The van der Waals surface area contributed by atoms with E-state index in [-0.39, 0.29) is 11.4 Å². The summed E-state index contributed by atoms with van der Waals surface area (Å²) in [7, 11) is 0. The molecule has 1 atom stereocenters. The average molecular weight is 267 g/mol. The normalized spacial score (nSPS) is 15.2. The topological polar surface area (TPSA) is 101 Å². The maximum absolute atomic E-state index is 11.9. The van der Waals surface area contributed by atoms with Crippen LogP contribution in [0.15, 0.2) is 0 Å². The minimum absolute atomic E-state index is 0.0741. The third-order valence-corrected chi connectivity index (χ3v) is 2.22. The summed E-state index contributed by atoms with van der Waals surface area (Å²) in [6.07, 6.45) is -5.11. The van der Waals surface area contributed by atoms with Crippen LogP contribution in [-0.2, 0) is 15.1 Å². The largest absolute Gasteiger partial charge is 0.490 e. The Balaban J connectivity index is 2.78. The van der Waals surface area contributed by atoms with E-state index in [9.17, 15) is 23.1 Å². The van der Waals surface area contributed by atoms with E-state index in [1.165, 1.54) is 0 Å². The van der Waals surface area contributed by atoms with Gasteiger partial charge in [-0.05, 0) is 13.8 Å². The summed E-state index contributed by atoms with van der Waals surface area (Å²) in [5, 5.41) is 16.0. The standard InChI is InChI=1S/C9H12F3N3O3/c1-4-5(13)6(15-14-4)8(2,17)3-18-7(16)9(10,11)12/h17H,3,13H2,1-2H3,(H,14,15). The third-order valence-electron chi connectivity index (χ3n) is 2.22. The van der Waals surface area contributed by atoms with Gasteiger partial charge in [0, 0.05) is 0 Å². The van der Waals surface area contributed by atoms with E-state index in [1.807, 2.05) is 0 Å². The average Bonchev–Trinajstić information content (AvgIpc) is 2.55. The molecule has 18 heavy (non-hydrogen) atoms. The van der Waals surface area contributed by atoms with Gasteiger partial charge in [0.1, 0.15) is 17.9 Å². The third kappa shape index (κ3) is 2.92. The highest BCUT2D eigenvalue weighted by molar-refractivity contribution is 5.75. The van der Waals surface area contributed by atoms with Crippen molar-refractivity contribution in [2.24, 2.45) is 0 Å². The number of nitrogens with two attached hydrogens (primary N) is 1. The molecular weight excluding hydrogens is 255 g/mol. The number of esters is 1. The van der Waals surface area contributed by atoms with Crippen molar-refractivity contribution in [3.63, 3.8) is 0 Å². The van der Waals surface area contributed by atoms with E-state index in [4.69, 9.17) is 5.73 Å². The molecule has 0 aliphatic rings. The first-order valence-corrected chi connectivity index (χ1v) is 4.83. The summed E-state index contributed by atoms with van der Waals surface area (Å²) in [5.41, 5.74) is 4.13. The van der Waals surface area contributed by atoms with E-state index in [2.05, 4.69) is 14.9 Å². The fraction of sp³-hybridized carbons (Fsp3) is 0.556. The van der Waals surface area contributed by atoms with E-state index >= 15 is 0 Å². The second-order valence-electron chi connectivity index (χ2n) is 3.96. The number of hydrogen-bond acceptors (Lipinski definition) is 5. The molecule has 0 saturated carbocycles. The number of halogens is 3. The Morgan fingerprint density at radius 1 is 1.56 bits per heavy atom. The Bertz CT molecular complexity index is 454. The maximum Gasteiger partial charge on any atom is 0.490 e. The van der Waals surface area contributed by atoms with Gasteiger partial charge in [-0.3, -0.25) is 5.10 Å². The SMILES string of the molecule is Cc1[nH]nc(C(C)(O)COC(=O)C(F)(F)F)c1N. The lowest BCUT2D eigenvalue weighted by Gasteiger charge is -2.21. The molecule has 0 radical (unpaired) electrons. The number of nitrogens with zero attached hydrogens (tertiary/aromatic N) is 1. The van der Waals surface area contributed by atoms with Crippen molar-refractivity contribution in [1.82, 2.24) is 10.2 Å². The fourth-order valence-corrected chi connectivity index (χ4v) is 1.20. The number of nitrogen functional groups attached to an aromatic ring is 1. The molecule has 1 heterocycles. The Hall–Kier alpha value is -1.77. The molecule has 0 spiro atoms. The van der Waals surface area contributed by atoms with Crippen LogP contribution in [0.25, 0.3) is 0 Å². The molecule has 1 unspecified atom stereocenters. The zero-order chi connectivity index (χ0) is 14.1. The number of H-pyrrole nitrogens is 1. The van der Waals surface area contributed by atoms with Crippen LogP contribution in [0.2, 0.25) is 0 Å².